The van der Waals surface area contributed by atoms with Crippen LogP contribution in [-0.2, 0) is 6.54 Å². The molecule has 3 rings (SSSR count). The summed E-state index contributed by atoms with van der Waals surface area (Å²) in [5.41, 5.74) is 3.09. The van der Waals surface area contributed by atoms with Crippen LogP contribution in [0.4, 0.5) is 20.4 Å². The predicted octanol–water partition coefficient (Wildman–Crippen LogP) is 4.24. The van der Waals surface area contributed by atoms with Gasteiger partial charge in [0, 0.05) is 24.0 Å². The van der Waals surface area contributed by atoms with Crippen molar-refractivity contribution in [3.63, 3.8) is 0 Å². The van der Waals surface area contributed by atoms with Crippen molar-refractivity contribution in [2.24, 2.45) is 0 Å². The minimum Gasteiger partial charge on any atom is -0.350 e. The van der Waals surface area contributed by atoms with Crippen LogP contribution in [0.1, 0.15) is 27.3 Å². The van der Waals surface area contributed by atoms with Crippen LogP contribution in [0.5, 0.6) is 0 Å². The number of hydrogen-bond acceptors (Lipinski definition) is 4. The van der Waals surface area contributed by atoms with Crippen molar-refractivity contribution in [2.75, 3.05) is 10.6 Å². The van der Waals surface area contributed by atoms with E-state index in [1.165, 1.54) is 17.7 Å². The number of nitrogens with one attached hydrogen (secondary N) is 2. The second-order valence-corrected chi connectivity index (χ2v) is 6.14. The number of carbonyl (C=O) groups excluding carboxylic acids is 1. The maximum absolute atomic E-state index is 13.3. The van der Waals surface area contributed by atoms with Crippen molar-refractivity contribution in [3.8, 4) is 0 Å². The predicted molar refractivity (Wildman–Crippen MR) is 99.6 cm³/mol. The fourth-order valence-electron chi connectivity index (χ4n) is 2.42. The molecule has 0 fully saturated rings. The first kappa shape index (κ1) is 18.4. The maximum Gasteiger partial charge on any atom is 0.274 e. The van der Waals surface area contributed by atoms with Crippen LogP contribution in [0.2, 0.25) is 0 Å². The van der Waals surface area contributed by atoms with Crippen LogP contribution >= 0.6 is 0 Å². The molecular formula is C20H18F2N4O. The summed E-state index contributed by atoms with van der Waals surface area (Å²) in [6.07, 6.45) is 0. The molecule has 3 aromatic rings. The number of rotatable bonds is 5. The molecule has 0 spiro atoms. The van der Waals surface area contributed by atoms with Crippen molar-refractivity contribution in [1.29, 1.82) is 0 Å². The summed E-state index contributed by atoms with van der Waals surface area (Å²) in [4.78, 5) is 20.9. The van der Waals surface area contributed by atoms with Crippen molar-refractivity contribution < 1.29 is 13.6 Å². The van der Waals surface area contributed by atoms with Gasteiger partial charge in [-0.2, -0.15) is 0 Å². The van der Waals surface area contributed by atoms with Gasteiger partial charge in [-0.15, -0.1) is 0 Å². The molecule has 0 aliphatic rings. The number of amides is 1. The molecule has 1 aromatic heterocycles. The van der Waals surface area contributed by atoms with Gasteiger partial charge in [0.15, 0.2) is 11.6 Å². The fraction of sp³-hybridized carbons (Fsp3) is 0.150. The van der Waals surface area contributed by atoms with Gasteiger partial charge < -0.3 is 10.6 Å². The maximum atomic E-state index is 13.3. The van der Waals surface area contributed by atoms with Gasteiger partial charge in [0.2, 0.25) is 5.95 Å². The number of nitrogens with zero attached hydrogens (tertiary/aromatic N) is 2. The van der Waals surface area contributed by atoms with Crippen molar-refractivity contribution in [2.45, 2.75) is 20.4 Å². The summed E-state index contributed by atoms with van der Waals surface area (Å²) in [5, 5.41) is 5.58. The normalized spacial score (nSPS) is 10.5. The van der Waals surface area contributed by atoms with E-state index in [1.807, 2.05) is 31.2 Å². The summed E-state index contributed by atoms with van der Waals surface area (Å²) in [6, 6.07) is 12.7. The van der Waals surface area contributed by atoms with Crippen molar-refractivity contribution in [1.82, 2.24) is 9.97 Å². The van der Waals surface area contributed by atoms with Crippen LogP contribution in [0.15, 0.2) is 48.5 Å². The first-order valence-electron chi connectivity index (χ1n) is 8.32. The largest absolute Gasteiger partial charge is 0.350 e. The molecule has 0 saturated carbocycles. The Balaban J connectivity index is 1.72. The van der Waals surface area contributed by atoms with Crippen LogP contribution in [0.3, 0.4) is 0 Å². The lowest BCUT2D eigenvalue weighted by atomic mass is 10.1. The summed E-state index contributed by atoms with van der Waals surface area (Å²) in [6.45, 7) is 4.26. The number of aryl methyl sites for hydroxylation is 2. The third kappa shape index (κ3) is 4.84. The van der Waals surface area contributed by atoms with Crippen molar-refractivity contribution in [3.05, 3.63) is 82.7 Å². The molecule has 1 heterocycles. The summed E-state index contributed by atoms with van der Waals surface area (Å²) in [5.74, 6) is -2.24. The van der Waals surface area contributed by atoms with Gasteiger partial charge in [-0.3, -0.25) is 4.79 Å². The third-order valence-electron chi connectivity index (χ3n) is 3.84. The first-order valence-corrected chi connectivity index (χ1v) is 8.32. The number of benzene rings is 2. The number of carbonyl (C=O) groups is 1. The Morgan fingerprint density at radius 1 is 0.963 bits per heavy atom. The zero-order valence-corrected chi connectivity index (χ0v) is 14.9. The lowest BCUT2D eigenvalue weighted by molar-refractivity contribution is 0.102. The van der Waals surface area contributed by atoms with E-state index in [-0.39, 0.29) is 11.4 Å². The molecule has 0 unspecified atom stereocenters. The summed E-state index contributed by atoms with van der Waals surface area (Å²) in [7, 11) is 0. The number of halogens is 2. The average molecular weight is 368 g/mol. The molecule has 7 heteroatoms. The van der Waals surface area contributed by atoms with E-state index in [4.69, 9.17) is 0 Å². The lowest BCUT2D eigenvalue weighted by Crippen LogP contribution is -2.16. The van der Waals surface area contributed by atoms with E-state index in [1.54, 1.807) is 6.92 Å². The molecule has 27 heavy (non-hydrogen) atoms. The van der Waals surface area contributed by atoms with Crippen LogP contribution in [0, 0.1) is 25.5 Å². The topological polar surface area (TPSA) is 66.9 Å². The van der Waals surface area contributed by atoms with Crippen molar-refractivity contribution >= 4 is 17.5 Å². The second kappa shape index (κ2) is 7.90. The SMILES string of the molecule is Cc1ccc(CNc2nc(C)cc(C(=O)Nc3ccc(F)c(F)c3)n2)cc1. The zero-order valence-electron chi connectivity index (χ0n) is 14.9. The van der Waals surface area contributed by atoms with Gasteiger partial charge in [0.25, 0.3) is 5.91 Å². The third-order valence-corrected chi connectivity index (χ3v) is 3.84. The Labute approximate surface area is 155 Å². The van der Waals surface area contributed by atoms with E-state index in [0.29, 0.717) is 18.2 Å². The Kier molecular flexibility index (Phi) is 5.40. The Bertz CT molecular complexity index is 974. The van der Waals surface area contributed by atoms with Gasteiger partial charge in [-0.05, 0) is 37.6 Å². The molecule has 2 N–H and O–H groups in total. The van der Waals surface area contributed by atoms with Crippen LogP contribution < -0.4 is 10.6 Å². The molecule has 138 valence electrons. The minimum atomic E-state index is -1.04. The fourth-order valence-corrected chi connectivity index (χ4v) is 2.42. The van der Waals surface area contributed by atoms with Crippen LogP contribution in [0.25, 0.3) is 0 Å². The van der Waals surface area contributed by atoms with E-state index in [9.17, 15) is 13.6 Å². The Morgan fingerprint density at radius 3 is 2.41 bits per heavy atom. The van der Waals surface area contributed by atoms with Gasteiger partial charge in [0.1, 0.15) is 5.69 Å². The average Bonchev–Trinajstić information content (AvgIpc) is 2.64. The van der Waals surface area contributed by atoms with Gasteiger partial charge in [0.05, 0.1) is 0 Å². The molecule has 0 aliphatic heterocycles. The number of anilines is 2. The van der Waals surface area contributed by atoms with E-state index in [2.05, 4.69) is 20.6 Å². The molecule has 5 nitrogen and oxygen atoms in total. The van der Waals surface area contributed by atoms with Gasteiger partial charge in [-0.1, -0.05) is 29.8 Å². The summed E-state index contributed by atoms with van der Waals surface area (Å²) >= 11 is 0. The Hall–Kier alpha value is -3.35. The highest BCUT2D eigenvalue weighted by atomic mass is 19.2. The quantitative estimate of drug-likeness (QED) is 0.707. The second-order valence-electron chi connectivity index (χ2n) is 6.14. The number of aromatic nitrogens is 2. The lowest BCUT2D eigenvalue weighted by Gasteiger charge is -2.09. The van der Waals surface area contributed by atoms with Gasteiger partial charge in [-0.25, -0.2) is 18.7 Å². The Morgan fingerprint density at radius 2 is 1.70 bits per heavy atom. The van der Waals surface area contributed by atoms with E-state index >= 15 is 0 Å². The highest BCUT2D eigenvalue weighted by Gasteiger charge is 2.12. The highest BCUT2D eigenvalue weighted by molar-refractivity contribution is 6.03. The van der Waals surface area contributed by atoms with Gasteiger partial charge >= 0.3 is 0 Å². The summed E-state index contributed by atoms with van der Waals surface area (Å²) < 4.78 is 26.3. The first-order chi connectivity index (χ1) is 12.9. The molecule has 0 bridgehead atoms. The molecule has 0 aliphatic carbocycles. The molecule has 0 radical (unpaired) electrons. The van der Waals surface area contributed by atoms with E-state index < -0.39 is 17.5 Å². The standard InChI is InChI=1S/C20H18F2N4O/c1-12-3-5-14(6-4-12)11-23-20-24-13(2)9-18(26-20)19(27)25-15-7-8-16(21)17(22)10-15/h3-10H,11H2,1-2H3,(H,25,27)(H,23,24,26). The zero-order chi connectivity index (χ0) is 19.4. The molecule has 0 saturated heterocycles. The molecule has 0 atom stereocenters. The highest BCUT2D eigenvalue weighted by Crippen LogP contribution is 2.15. The number of hydrogen-bond donors (Lipinski definition) is 2. The van der Waals surface area contributed by atoms with Crippen LogP contribution in [-0.4, -0.2) is 15.9 Å². The monoisotopic (exact) mass is 368 g/mol. The minimum absolute atomic E-state index is 0.124. The molecule has 2 aromatic carbocycles. The smallest absolute Gasteiger partial charge is 0.274 e. The van der Waals surface area contributed by atoms with E-state index in [0.717, 1.165) is 17.7 Å². The molecular weight excluding hydrogens is 350 g/mol. The molecule has 1 amide bonds.